The predicted octanol–water partition coefficient (Wildman–Crippen LogP) is 2.11. The Hall–Kier alpha value is -2.25. The van der Waals surface area contributed by atoms with Crippen molar-refractivity contribution in [1.29, 1.82) is 0 Å². The average molecular weight is 292 g/mol. The van der Waals surface area contributed by atoms with Gasteiger partial charge in [0.05, 0.1) is 5.56 Å². The highest BCUT2D eigenvalue weighted by molar-refractivity contribution is 6.21. The van der Waals surface area contributed by atoms with E-state index in [1.54, 1.807) is 0 Å². The van der Waals surface area contributed by atoms with Crippen molar-refractivity contribution in [2.24, 2.45) is 5.41 Å². The molecular weight excluding hydrogens is 284 g/mol. The van der Waals surface area contributed by atoms with E-state index >= 15 is 0 Å². The number of benzene rings is 1. The first kappa shape index (κ1) is 15.8. The highest BCUT2D eigenvalue weighted by atomic mass is 19.2. The molecule has 0 saturated carbocycles. The van der Waals surface area contributed by atoms with Crippen molar-refractivity contribution in [3.8, 4) is 0 Å². The van der Waals surface area contributed by atoms with Gasteiger partial charge in [-0.15, -0.1) is 0 Å². The van der Waals surface area contributed by atoms with Crippen LogP contribution in [0.3, 0.4) is 0 Å². The van der Waals surface area contributed by atoms with Crippen molar-refractivity contribution in [1.82, 2.24) is 0 Å². The third kappa shape index (κ3) is 2.17. The van der Waals surface area contributed by atoms with Gasteiger partial charge < -0.3 is 9.90 Å². The molecule has 0 saturated heterocycles. The maximum atomic E-state index is 13.4. The van der Waals surface area contributed by atoms with Crippen molar-refractivity contribution in [2.45, 2.75) is 13.3 Å². The third-order valence-electron chi connectivity index (χ3n) is 2.89. The van der Waals surface area contributed by atoms with Crippen molar-refractivity contribution in [3.05, 3.63) is 34.9 Å². The number of aliphatic carboxylic acids is 1. The molecular formula is C12H8F4O4. The van der Waals surface area contributed by atoms with Gasteiger partial charge in [0.1, 0.15) is 6.29 Å². The maximum Gasteiger partial charge on any atom is 0.324 e. The number of carboxylic acid groups (broad SMARTS) is 1. The zero-order valence-corrected chi connectivity index (χ0v) is 10.0. The highest BCUT2D eigenvalue weighted by Crippen LogP contribution is 2.29. The van der Waals surface area contributed by atoms with Crippen LogP contribution in [0.4, 0.5) is 17.6 Å². The van der Waals surface area contributed by atoms with E-state index in [-0.39, 0.29) is 12.4 Å². The third-order valence-corrected chi connectivity index (χ3v) is 2.89. The Balaban J connectivity index is 3.56. The number of hydrogen-bond donors (Lipinski definition) is 1. The molecule has 0 amide bonds. The lowest BCUT2D eigenvalue weighted by molar-refractivity contribution is -0.148. The van der Waals surface area contributed by atoms with Gasteiger partial charge in [0, 0.05) is 0 Å². The number of ketones is 1. The second-order valence-corrected chi connectivity index (χ2v) is 3.92. The van der Waals surface area contributed by atoms with Crippen molar-refractivity contribution >= 4 is 18.0 Å². The van der Waals surface area contributed by atoms with Crippen LogP contribution in [0.15, 0.2) is 6.07 Å². The lowest BCUT2D eigenvalue weighted by atomic mass is 9.79. The highest BCUT2D eigenvalue weighted by Gasteiger charge is 2.46. The van der Waals surface area contributed by atoms with Crippen LogP contribution in [0.25, 0.3) is 0 Å². The number of carbonyl (C=O) groups excluding carboxylic acids is 2. The topological polar surface area (TPSA) is 71.4 Å². The first-order valence-corrected chi connectivity index (χ1v) is 5.30. The van der Waals surface area contributed by atoms with Gasteiger partial charge in [0.2, 0.25) is 0 Å². The van der Waals surface area contributed by atoms with E-state index in [2.05, 4.69) is 0 Å². The second-order valence-electron chi connectivity index (χ2n) is 3.92. The summed E-state index contributed by atoms with van der Waals surface area (Å²) >= 11 is 0. The lowest BCUT2D eigenvalue weighted by Gasteiger charge is -2.20. The van der Waals surface area contributed by atoms with Crippen LogP contribution in [0.2, 0.25) is 0 Å². The molecule has 1 aromatic rings. The Bertz CT molecular complexity index is 600. The van der Waals surface area contributed by atoms with Crippen molar-refractivity contribution in [2.75, 3.05) is 0 Å². The molecule has 20 heavy (non-hydrogen) atoms. The minimum atomic E-state index is -2.68. The maximum absolute atomic E-state index is 13.4. The average Bonchev–Trinajstić information content (AvgIpc) is 2.42. The van der Waals surface area contributed by atoms with Crippen LogP contribution in [0, 0.1) is 28.7 Å². The summed E-state index contributed by atoms with van der Waals surface area (Å²) in [4.78, 5) is 33.8. The molecule has 8 heteroatoms. The van der Waals surface area contributed by atoms with Crippen LogP contribution in [-0.2, 0) is 9.59 Å². The van der Waals surface area contributed by atoms with Gasteiger partial charge in [-0.3, -0.25) is 9.59 Å². The summed E-state index contributed by atoms with van der Waals surface area (Å²) in [5, 5.41) is 8.90. The quantitative estimate of drug-likeness (QED) is 0.225. The van der Waals surface area contributed by atoms with E-state index in [1.807, 2.05) is 0 Å². The summed E-state index contributed by atoms with van der Waals surface area (Å²) in [6.07, 6.45) is -0.818. The normalized spacial score (nSPS) is 13.7. The molecule has 108 valence electrons. The number of carbonyl (C=O) groups is 3. The summed E-state index contributed by atoms with van der Waals surface area (Å²) in [6.45, 7) is 1.15. The number of aldehydes is 1. The Kier molecular flexibility index (Phi) is 4.26. The molecule has 0 heterocycles. The smallest absolute Gasteiger partial charge is 0.324 e. The van der Waals surface area contributed by atoms with E-state index in [0.717, 1.165) is 6.92 Å². The van der Waals surface area contributed by atoms with E-state index in [0.29, 0.717) is 0 Å². The first-order chi connectivity index (χ1) is 9.22. The summed E-state index contributed by atoms with van der Waals surface area (Å²) < 4.78 is 52.3. The molecule has 0 aliphatic carbocycles. The summed E-state index contributed by atoms with van der Waals surface area (Å²) in [7, 11) is 0. The summed E-state index contributed by atoms with van der Waals surface area (Å²) in [5.74, 6) is -11.9. The first-order valence-electron chi connectivity index (χ1n) is 5.30. The molecule has 0 aliphatic rings. The predicted molar refractivity (Wildman–Crippen MR) is 57.0 cm³/mol. The lowest BCUT2D eigenvalue weighted by Crippen LogP contribution is -2.41. The van der Waals surface area contributed by atoms with E-state index in [1.165, 1.54) is 0 Å². The number of halogens is 4. The molecule has 0 spiro atoms. The van der Waals surface area contributed by atoms with E-state index in [4.69, 9.17) is 5.11 Å². The molecule has 1 aromatic carbocycles. The molecule has 0 bridgehead atoms. The van der Waals surface area contributed by atoms with E-state index < -0.39 is 52.4 Å². The van der Waals surface area contributed by atoms with Gasteiger partial charge in [0.15, 0.2) is 34.5 Å². The Morgan fingerprint density at radius 1 is 1.20 bits per heavy atom. The van der Waals surface area contributed by atoms with E-state index in [9.17, 15) is 31.9 Å². The van der Waals surface area contributed by atoms with Gasteiger partial charge in [-0.1, -0.05) is 6.92 Å². The van der Waals surface area contributed by atoms with Gasteiger partial charge in [-0.25, -0.2) is 17.6 Å². The number of hydrogen-bond acceptors (Lipinski definition) is 3. The zero-order valence-electron chi connectivity index (χ0n) is 10.0. The Labute approximate surface area is 110 Å². The van der Waals surface area contributed by atoms with Crippen molar-refractivity contribution < 1.29 is 37.1 Å². The summed E-state index contributed by atoms with van der Waals surface area (Å²) in [5.41, 5.74) is -4.02. The van der Waals surface area contributed by atoms with Gasteiger partial charge >= 0.3 is 5.97 Å². The molecule has 4 nitrogen and oxygen atoms in total. The molecule has 0 radical (unpaired) electrons. The van der Waals surface area contributed by atoms with Crippen LogP contribution in [0.5, 0.6) is 0 Å². The fraction of sp³-hybridized carbons (Fsp3) is 0.250. The minimum Gasteiger partial charge on any atom is -0.480 e. The minimum absolute atomic E-state index is 0.0208. The largest absolute Gasteiger partial charge is 0.480 e. The van der Waals surface area contributed by atoms with Crippen LogP contribution >= 0.6 is 0 Å². The summed E-state index contributed by atoms with van der Waals surface area (Å²) in [6, 6.07) is 0.0208. The molecule has 0 aromatic heterocycles. The fourth-order valence-electron chi connectivity index (χ4n) is 1.57. The second kappa shape index (κ2) is 5.40. The van der Waals surface area contributed by atoms with Crippen LogP contribution < -0.4 is 0 Å². The molecule has 1 N–H and O–H groups in total. The van der Waals surface area contributed by atoms with Crippen LogP contribution in [0.1, 0.15) is 23.7 Å². The fourth-order valence-corrected chi connectivity index (χ4v) is 1.57. The molecule has 1 rings (SSSR count). The van der Waals surface area contributed by atoms with Gasteiger partial charge in [-0.2, -0.15) is 0 Å². The SMILES string of the molecule is CCC(C=O)(C(=O)O)C(=O)c1cc(F)c(F)c(F)c1F. The zero-order chi connectivity index (χ0) is 15.7. The number of carboxylic acids is 1. The monoisotopic (exact) mass is 292 g/mol. The molecule has 1 atom stereocenters. The standard InChI is InChI=1S/C12H8F4O4/c1-2-12(4-17,11(19)20)10(18)5-3-6(13)8(15)9(16)7(5)14/h3-4H,2H2,1H3,(H,19,20). The molecule has 0 aliphatic heterocycles. The van der Waals surface area contributed by atoms with Gasteiger partial charge in [0.25, 0.3) is 0 Å². The van der Waals surface area contributed by atoms with Crippen LogP contribution in [-0.4, -0.2) is 23.1 Å². The van der Waals surface area contributed by atoms with Gasteiger partial charge in [-0.05, 0) is 12.5 Å². The number of rotatable bonds is 5. The molecule has 1 unspecified atom stereocenters. The molecule has 0 fully saturated rings. The van der Waals surface area contributed by atoms with Crippen molar-refractivity contribution in [3.63, 3.8) is 0 Å². The Morgan fingerprint density at radius 3 is 2.15 bits per heavy atom. The Morgan fingerprint density at radius 2 is 1.75 bits per heavy atom. The number of Topliss-reactive ketones (excluding diaryl/α,β-unsaturated/α-hetero) is 1.